The van der Waals surface area contributed by atoms with E-state index in [9.17, 15) is 38.7 Å². The van der Waals surface area contributed by atoms with E-state index in [1.165, 1.54) is 33.7 Å². The average molecular weight is 1380 g/mol. The second kappa shape index (κ2) is 35.0. The van der Waals surface area contributed by atoms with Crippen molar-refractivity contribution in [3.8, 4) is 0 Å². The zero-order chi connectivity index (χ0) is 71.2. The van der Waals surface area contributed by atoms with Crippen LogP contribution < -0.4 is 16.6 Å². The molecule has 20 nitrogen and oxygen atoms in total. The van der Waals surface area contributed by atoms with Crippen molar-refractivity contribution in [2.75, 3.05) is 27.1 Å². The Hall–Kier alpha value is -12.0. The van der Waals surface area contributed by atoms with Gasteiger partial charge in [0, 0.05) is 71.8 Å². The third-order valence-corrected chi connectivity index (χ3v) is 15.8. The van der Waals surface area contributed by atoms with Gasteiger partial charge in [-0.1, -0.05) is 54.6 Å². The molecule has 0 saturated carbocycles. The number of ether oxygens (including phenoxy) is 3. The van der Waals surface area contributed by atoms with Gasteiger partial charge in [0.25, 0.3) is 0 Å². The minimum Gasteiger partial charge on any atom is -0.506 e. The van der Waals surface area contributed by atoms with Crippen LogP contribution in [0.1, 0.15) is 98.0 Å². The number of nitrogens with zero attached hydrogens (tertiary/aromatic N) is 7. The smallest absolute Gasteiger partial charge is 0.345 e. The number of hydrogen-bond acceptors (Lipinski definition) is 18. The average Bonchev–Trinajstić information content (AvgIpc) is 0.792. The number of halogens is 1. The van der Waals surface area contributed by atoms with Gasteiger partial charge in [0.05, 0.1) is 73.3 Å². The lowest BCUT2D eigenvalue weighted by Crippen LogP contribution is -2.21. The van der Waals surface area contributed by atoms with Crippen LogP contribution in [0.25, 0.3) is 27.8 Å². The summed E-state index contributed by atoms with van der Waals surface area (Å²) in [5, 5.41) is 10.4. The van der Waals surface area contributed by atoms with Crippen LogP contribution in [-0.4, -0.2) is 96.4 Å². The number of carbonyl (C=O) groups excluding carboxylic acids is 5. The summed E-state index contributed by atoms with van der Waals surface area (Å²) in [6.07, 6.45) is 15.1. The van der Waals surface area contributed by atoms with Gasteiger partial charge in [0.1, 0.15) is 38.8 Å². The Bertz CT molecular complexity index is 4970. The number of aromatic nitrogens is 7. The third kappa shape index (κ3) is 19.3. The van der Waals surface area contributed by atoms with E-state index in [1.54, 1.807) is 122 Å². The quantitative estimate of drug-likeness (QED) is 0.0133. The highest BCUT2D eigenvalue weighted by Gasteiger charge is 2.23. The summed E-state index contributed by atoms with van der Waals surface area (Å²) >= 11 is 3.38. The van der Waals surface area contributed by atoms with Gasteiger partial charge in [-0.3, -0.25) is 48.9 Å². The maximum Gasteiger partial charge on any atom is 0.345 e. The molecule has 11 rings (SSSR count). The molecule has 21 heteroatoms. The van der Waals surface area contributed by atoms with Gasteiger partial charge < -0.3 is 34.6 Å². The van der Waals surface area contributed by atoms with Gasteiger partial charge >= 0.3 is 11.9 Å². The van der Waals surface area contributed by atoms with E-state index in [4.69, 9.17) is 15.2 Å². The third-order valence-electron chi connectivity index (χ3n) is 15.4. The van der Waals surface area contributed by atoms with E-state index in [0.717, 1.165) is 61.1 Å². The Morgan fingerprint density at radius 3 is 1.63 bits per heavy atom. The number of aliphatic imine (C=N–C) groups is 1. The summed E-state index contributed by atoms with van der Waals surface area (Å²) < 4.78 is 16.6. The molecule has 0 aliphatic carbocycles. The summed E-state index contributed by atoms with van der Waals surface area (Å²) in [7, 11) is 3.85. The lowest BCUT2D eigenvalue weighted by Gasteiger charge is -2.13. The molecule has 0 unspecified atom stereocenters. The van der Waals surface area contributed by atoms with Crippen molar-refractivity contribution >= 4 is 90.6 Å². The van der Waals surface area contributed by atoms with E-state index in [-0.39, 0.29) is 61.5 Å². The molecule has 4 N–H and O–H groups in total. The first-order valence-corrected chi connectivity index (χ1v) is 31.2. The van der Waals surface area contributed by atoms with Crippen LogP contribution >= 0.6 is 15.9 Å². The summed E-state index contributed by atoms with van der Waals surface area (Å²) in [4.78, 5) is 114. The van der Waals surface area contributed by atoms with Crippen LogP contribution in [0.2, 0.25) is 0 Å². The first-order chi connectivity index (χ1) is 46.9. The predicted molar refractivity (Wildman–Crippen MR) is 384 cm³/mol. The molecular formula is C77H72BrN9O11. The van der Waals surface area contributed by atoms with Crippen molar-refractivity contribution < 1.29 is 43.3 Å². The van der Waals surface area contributed by atoms with Crippen LogP contribution in [0.4, 0.5) is 11.4 Å². The molecule has 0 atom stereocenters. The van der Waals surface area contributed by atoms with Gasteiger partial charge in [-0.25, -0.2) is 14.6 Å². The lowest BCUT2D eigenvalue weighted by molar-refractivity contribution is -0.136. The number of aliphatic hydroxyl groups excluding tert-OH is 1. The van der Waals surface area contributed by atoms with Gasteiger partial charge in [0.15, 0.2) is 11.6 Å². The Kier molecular flexibility index (Phi) is 26.2. The number of nitrogens with two attached hydrogens (primary N) is 1. The maximum atomic E-state index is 13.2. The van der Waals surface area contributed by atoms with E-state index in [0.29, 0.717) is 51.2 Å². The monoisotopic (exact) mass is 1380 g/mol. The van der Waals surface area contributed by atoms with E-state index in [2.05, 4.69) is 55.6 Å². The number of fused-ring (bicyclic) bond motifs is 2. The first-order valence-electron chi connectivity index (χ1n) is 30.4. The number of anilines is 1. The number of nitrogen functional groups attached to an aromatic ring is 1. The zero-order valence-corrected chi connectivity index (χ0v) is 57.5. The van der Waals surface area contributed by atoms with Crippen molar-refractivity contribution in [2.45, 2.75) is 61.9 Å². The minimum atomic E-state index is -0.708. The highest BCUT2D eigenvalue weighted by atomic mass is 79.9. The normalized spacial score (nSPS) is 11.0. The molecule has 0 fully saturated rings. The number of carbonyl (C=O) groups is 5. The molecule has 0 aliphatic rings. The first kappa shape index (κ1) is 73.4. The molecule has 7 aromatic heterocycles. The fraction of sp³-hybridized carbons (Fsp3) is 0.156. The second-order valence-electron chi connectivity index (χ2n) is 22.2. The van der Waals surface area contributed by atoms with Crippen molar-refractivity contribution in [1.29, 1.82) is 0 Å². The fourth-order valence-corrected chi connectivity index (χ4v) is 9.66. The molecule has 0 radical (unpaired) electrons. The number of hydrogen-bond donors (Lipinski definition) is 3. The Morgan fingerprint density at radius 1 is 0.582 bits per heavy atom. The number of methoxy groups -OCH3 is 3. The molecular weight excluding hydrogens is 1310 g/mol. The van der Waals surface area contributed by atoms with Crippen molar-refractivity contribution in [3.05, 3.63) is 315 Å². The number of aryl methyl sites for hydroxylation is 8. The molecule has 0 bridgehead atoms. The maximum absolute atomic E-state index is 13.2. The van der Waals surface area contributed by atoms with Crippen LogP contribution in [0, 0.1) is 55.4 Å². The highest BCUT2D eigenvalue weighted by molar-refractivity contribution is 9.10. The molecule has 4 aromatic carbocycles. The van der Waals surface area contributed by atoms with Gasteiger partial charge in [-0.05, 0) is 201 Å². The Balaban J connectivity index is 0.000000180. The van der Waals surface area contributed by atoms with Gasteiger partial charge in [0.2, 0.25) is 16.6 Å². The number of ketones is 3. The molecule has 0 saturated heterocycles. The largest absolute Gasteiger partial charge is 0.506 e. The van der Waals surface area contributed by atoms with Crippen LogP contribution in [0.5, 0.6) is 0 Å². The number of benzene rings is 4. The predicted octanol–water partition coefficient (Wildman–Crippen LogP) is 13.6. The molecule has 0 amide bonds. The summed E-state index contributed by atoms with van der Waals surface area (Å²) in [5.41, 5.74) is 19.0. The summed E-state index contributed by atoms with van der Waals surface area (Å²) in [5.74, 6) is -2.54. The minimum absolute atomic E-state index is 0.0143. The van der Waals surface area contributed by atoms with Gasteiger partial charge in [-0.15, -0.1) is 0 Å². The number of aromatic amines is 1. The van der Waals surface area contributed by atoms with Crippen molar-refractivity contribution in [3.63, 3.8) is 0 Å². The summed E-state index contributed by atoms with van der Waals surface area (Å²) in [6, 6.07) is 41.4. The highest BCUT2D eigenvalue weighted by Crippen LogP contribution is 2.23. The number of H-pyrrole nitrogens is 1. The zero-order valence-electron chi connectivity index (χ0n) is 55.9. The standard InChI is InChI=1S/C23H18BrN3O2.C18H18N2O3.C17H14N2O2.C14H16O4.C5H6N2/c1-14-8-9-16(11-15(14)2)22(28)18-13-27(12-17-5-3-7-20(24)26-17)19-6-4-10-25-21(19)23(18)29;1-12-6-7-14(9-13(12)2)17(21)16(18(22)23-3)11-20-15-5-4-8-19-10-15;1-10-5-6-12(8-11(10)2)16(20)13-9-19-14-4-3-7-18-15(14)17(13)21;1-9-5-6-11(7-10(9)2)13(15)12(8-17-3)14(16)18-4;6-5-2-1-3-7-4-5/h3-11,13H,12H2,1-2H3;4-11,21H,1-3H3;3-9H,1-2H3,(H,19,21);5-8H,1-4H3;1-4H,6H2. The molecule has 7 heterocycles. The van der Waals surface area contributed by atoms with Crippen LogP contribution in [-0.2, 0) is 30.3 Å². The van der Waals surface area contributed by atoms with E-state index in [1.807, 2.05) is 121 Å². The Labute approximate surface area is 574 Å². The molecule has 498 valence electrons. The number of nitrogens with one attached hydrogen (secondary N) is 1. The van der Waals surface area contributed by atoms with Crippen LogP contribution in [0.15, 0.2) is 226 Å². The molecule has 11 aromatic rings. The van der Waals surface area contributed by atoms with E-state index >= 15 is 0 Å². The SMILES string of the molecule is COC(=O)C(C=Nc1cccnc1)=C(O)c1ccc(C)c(C)c1.COC=C(C(=O)OC)C(=O)c1ccc(C)c(C)c1.Cc1ccc(C(=O)c2c[nH]c3cccnc3c2=O)cc1C.Cc1ccc(C(=O)c2cn(Cc3cccc(Br)n3)c3cccnc3c2=O)cc1C.Nc1cccnc1. The number of Topliss-reactive ketones (excluding diaryl/α,β-unsaturated/α-hetero) is 1. The van der Waals surface area contributed by atoms with Crippen molar-refractivity contribution in [1.82, 2.24) is 34.5 Å². The number of pyridine rings is 7. The summed E-state index contributed by atoms with van der Waals surface area (Å²) in [6.45, 7) is 16.1. The lowest BCUT2D eigenvalue weighted by atomic mass is 9.99. The van der Waals surface area contributed by atoms with Crippen molar-refractivity contribution in [2.24, 2.45) is 4.99 Å². The van der Waals surface area contributed by atoms with Gasteiger partial charge in [-0.2, -0.15) is 0 Å². The Morgan fingerprint density at radius 2 is 1.10 bits per heavy atom. The number of esters is 2. The van der Waals surface area contributed by atoms with E-state index < -0.39 is 17.7 Å². The molecule has 0 spiro atoms. The van der Waals surface area contributed by atoms with Crippen LogP contribution in [0.3, 0.4) is 0 Å². The topological polar surface area (TPSA) is 291 Å². The fourth-order valence-electron chi connectivity index (χ4n) is 9.28. The molecule has 98 heavy (non-hydrogen) atoms. The number of rotatable bonds is 14. The molecule has 0 aliphatic heterocycles. The second-order valence-corrected chi connectivity index (χ2v) is 23.0. The number of aliphatic hydroxyl groups is 1.